The molecule has 19 heavy (non-hydrogen) atoms. The van der Waals surface area contributed by atoms with Gasteiger partial charge in [-0.3, -0.25) is 0 Å². The van der Waals surface area contributed by atoms with Crippen LogP contribution in [-0.2, 0) is 4.74 Å². The molecule has 1 saturated heterocycles. The second-order valence-electron chi connectivity index (χ2n) is 4.96. The van der Waals surface area contributed by atoms with Gasteiger partial charge in [0.15, 0.2) is 5.65 Å². The quantitative estimate of drug-likeness (QED) is 0.833. The van der Waals surface area contributed by atoms with Crippen LogP contribution in [0.3, 0.4) is 0 Å². The van der Waals surface area contributed by atoms with Gasteiger partial charge in [-0.25, -0.2) is 19.3 Å². The predicted molar refractivity (Wildman–Crippen MR) is 70.4 cm³/mol. The summed E-state index contributed by atoms with van der Waals surface area (Å²) >= 11 is 0. The average Bonchev–Trinajstić information content (AvgIpc) is 2.71. The van der Waals surface area contributed by atoms with Crippen LogP contribution in [0.5, 0.6) is 0 Å². The van der Waals surface area contributed by atoms with Crippen LogP contribution in [0.15, 0.2) is 10.9 Å². The van der Waals surface area contributed by atoms with E-state index in [0.29, 0.717) is 17.5 Å². The minimum atomic E-state index is -0.258. The van der Waals surface area contributed by atoms with Crippen LogP contribution in [-0.4, -0.2) is 38.3 Å². The van der Waals surface area contributed by atoms with E-state index in [2.05, 4.69) is 27.4 Å². The van der Waals surface area contributed by atoms with Gasteiger partial charge in [0, 0.05) is 18.7 Å². The standard InChI is InChI=1S/C12H17N5O2/c1-7-5-9(3-4-19-7)14-10-6-11-15-16-12(18)17(11)8(2)13-10/h6-7,9,14H,3-5H2,1-2H3,(H,16,18). The van der Waals surface area contributed by atoms with Crippen LogP contribution in [0, 0.1) is 6.92 Å². The molecule has 0 spiro atoms. The molecule has 102 valence electrons. The summed E-state index contributed by atoms with van der Waals surface area (Å²) in [7, 11) is 0. The zero-order chi connectivity index (χ0) is 13.4. The highest BCUT2D eigenvalue weighted by atomic mass is 16.5. The van der Waals surface area contributed by atoms with Crippen molar-refractivity contribution in [1.29, 1.82) is 0 Å². The van der Waals surface area contributed by atoms with Gasteiger partial charge < -0.3 is 10.1 Å². The first-order valence-electron chi connectivity index (χ1n) is 6.46. The number of aromatic nitrogens is 4. The lowest BCUT2D eigenvalue weighted by Gasteiger charge is -2.28. The fourth-order valence-electron chi connectivity index (χ4n) is 2.51. The number of aryl methyl sites for hydroxylation is 1. The van der Waals surface area contributed by atoms with Crippen LogP contribution in [0.2, 0.25) is 0 Å². The molecule has 0 radical (unpaired) electrons. The highest BCUT2D eigenvalue weighted by molar-refractivity contribution is 5.50. The first kappa shape index (κ1) is 12.2. The number of fused-ring (bicyclic) bond motifs is 1. The molecule has 0 saturated carbocycles. The zero-order valence-electron chi connectivity index (χ0n) is 11.0. The molecule has 3 rings (SSSR count). The number of nitrogens with one attached hydrogen (secondary N) is 2. The van der Waals surface area contributed by atoms with Gasteiger partial charge in [-0.2, -0.15) is 5.10 Å². The summed E-state index contributed by atoms with van der Waals surface area (Å²) in [5, 5.41) is 9.79. The third kappa shape index (κ3) is 2.33. The number of anilines is 1. The summed E-state index contributed by atoms with van der Waals surface area (Å²) in [4.78, 5) is 15.9. The van der Waals surface area contributed by atoms with E-state index in [4.69, 9.17) is 4.74 Å². The molecule has 2 aromatic rings. The Labute approximate surface area is 110 Å². The molecule has 2 N–H and O–H groups in total. The van der Waals surface area contributed by atoms with Crippen molar-refractivity contribution in [2.24, 2.45) is 0 Å². The summed E-state index contributed by atoms with van der Waals surface area (Å²) in [5.74, 6) is 1.38. The minimum absolute atomic E-state index is 0.258. The summed E-state index contributed by atoms with van der Waals surface area (Å²) in [5.41, 5.74) is 0.325. The van der Waals surface area contributed by atoms with E-state index in [1.165, 1.54) is 4.40 Å². The molecular weight excluding hydrogens is 246 g/mol. The highest BCUT2D eigenvalue weighted by Gasteiger charge is 2.20. The van der Waals surface area contributed by atoms with E-state index in [1.54, 1.807) is 13.0 Å². The van der Waals surface area contributed by atoms with Crippen LogP contribution in [0.1, 0.15) is 25.6 Å². The number of hydrogen-bond acceptors (Lipinski definition) is 5. The monoisotopic (exact) mass is 263 g/mol. The molecule has 2 unspecified atom stereocenters. The molecule has 7 heteroatoms. The van der Waals surface area contributed by atoms with E-state index in [-0.39, 0.29) is 11.8 Å². The zero-order valence-corrected chi connectivity index (χ0v) is 11.0. The van der Waals surface area contributed by atoms with Gasteiger partial charge in [-0.15, -0.1) is 0 Å². The summed E-state index contributed by atoms with van der Waals surface area (Å²) in [6.07, 6.45) is 2.19. The van der Waals surface area contributed by atoms with Gasteiger partial charge >= 0.3 is 5.69 Å². The van der Waals surface area contributed by atoms with Crippen molar-refractivity contribution in [3.8, 4) is 0 Å². The van der Waals surface area contributed by atoms with Gasteiger partial charge in [0.25, 0.3) is 0 Å². The van der Waals surface area contributed by atoms with Crippen molar-refractivity contribution in [3.63, 3.8) is 0 Å². The van der Waals surface area contributed by atoms with E-state index in [1.807, 2.05) is 0 Å². The van der Waals surface area contributed by atoms with Gasteiger partial charge in [-0.1, -0.05) is 0 Å². The summed E-state index contributed by atoms with van der Waals surface area (Å²) < 4.78 is 6.98. The largest absolute Gasteiger partial charge is 0.378 e. The molecule has 2 aromatic heterocycles. The van der Waals surface area contributed by atoms with Gasteiger partial charge in [0.1, 0.15) is 11.6 Å². The molecule has 7 nitrogen and oxygen atoms in total. The molecular formula is C12H17N5O2. The van der Waals surface area contributed by atoms with E-state index < -0.39 is 0 Å². The van der Waals surface area contributed by atoms with E-state index >= 15 is 0 Å². The average molecular weight is 263 g/mol. The Bertz CT molecular complexity index is 647. The lowest BCUT2D eigenvalue weighted by Crippen LogP contribution is -2.32. The maximum Gasteiger partial charge on any atom is 0.349 e. The molecule has 1 aliphatic rings. The van der Waals surface area contributed by atoms with E-state index in [0.717, 1.165) is 25.3 Å². The molecule has 0 amide bonds. The van der Waals surface area contributed by atoms with Crippen molar-refractivity contribution in [3.05, 3.63) is 22.4 Å². The Kier molecular flexibility index (Phi) is 2.98. The topological polar surface area (TPSA) is 84.3 Å². The third-order valence-corrected chi connectivity index (χ3v) is 3.41. The molecule has 3 heterocycles. The lowest BCUT2D eigenvalue weighted by molar-refractivity contribution is 0.0232. The normalized spacial score (nSPS) is 23.7. The summed E-state index contributed by atoms with van der Waals surface area (Å²) in [6.45, 7) is 4.63. The predicted octanol–water partition coefficient (Wildman–Crippen LogP) is 0.705. The van der Waals surface area contributed by atoms with Crippen LogP contribution in [0.4, 0.5) is 5.82 Å². The van der Waals surface area contributed by atoms with Crippen molar-refractivity contribution >= 4 is 11.5 Å². The second kappa shape index (κ2) is 4.65. The van der Waals surface area contributed by atoms with Crippen molar-refractivity contribution in [2.75, 3.05) is 11.9 Å². The van der Waals surface area contributed by atoms with Crippen LogP contribution in [0.25, 0.3) is 5.65 Å². The SMILES string of the molecule is Cc1nc(NC2CCOC(C)C2)cc2n[nH]c(=O)n12. The Hall–Kier alpha value is -1.89. The molecule has 0 aliphatic carbocycles. The highest BCUT2D eigenvalue weighted by Crippen LogP contribution is 2.18. The lowest BCUT2D eigenvalue weighted by atomic mass is 10.0. The number of ether oxygens (including phenoxy) is 1. The van der Waals surface area contributed by atoms with Crippen LogP contribution >= 0.6 is 0 Å². The number of nitrogens with zero attached hydrogens (tertiary/aromatic N) is 3. The Morgan fingerprint density at radius 2 is 2.42 bits per heavy atom. The minimum Gasteiger partial charge on any atom is -0.378 e. The van der Waals surface area contributed by atoms with Gasteiger partial charge in [-0.05, 0) is 26.7 Å². The van der Waals surface area contributed by atoms with Gasteiger partial charge in [0.2, 0.25) is 0 Å². The van der Waals surface area contributed by atoms with Crippen LogP contribution < -0.4 is 11.0 Å². The Morgan fingerprint density at radius 3 is 3.21 bits per heavy atom. The Balaban J connectivity index is 1.87. The number of hydrogen-bond donors (Lipinski definition) is 2. The molecule has 2 atom stereocenters. The number of H-pyrrole nitrogens is 1. The van der Waals surface area contributed by atoms with E-state index in [9.17, 15) is 4.79 Å². The number of aromatic amines is 1. The molecule has 0 bridgehead atoms. The Morgan fingerprint density at radius 1 is 1.58 bits per heavy atom. The molecule has 0 aromatic carbocycles. The van der Waals surface area contributed by atoms with Crippen molar-refractivity contribution in [1.82, 2.24) is 19.6 Å². The second-order valence-corrected chi connectivity index (χ2v) is 4.96. The maximum absolute atomic E-state index is 11.5. The maximum atomic E-state index is 11.5. The smallest absolute Gasteiger partial charge is 0.349 e. The third-order valence-electron chi connectivity index (χ3n) is 3.41. The fraction of sp³-hybridized carbons (Fsp3) is 0.583. The fourth-order valence-corrected chi connectivity index (χ4v) is 2.51. The first-order valence-corrected chi connectivity index (χ1v) is 6.46. The molecule has 1 aliphatic heterocycles. The van der Waals surface area contributed by atoms with Crippen molar-refractivity contribution in [2.45, 2.75) is 38.8 Å². The first-order chi connectivity index (χ1) is 9.13. The summed E-state index contributed by atoms with van der Waals surface area (Å²) in [6, 6.07) is 2.13. The van der Waals surface area contributed by atoms with Gasteiger partial charge in [0.05, 0.1) is 6.10 Å². The molecule has 1 fully saturated rings. The number of rotatable bonds is 2. The van der Waals surface area contributed by atoms with Crippen molar-refractivity contribution < 1.29 is 4.74 Å².